The van der Waals surface area contributed by atoms with Gasteiger partial charge in [0.25, 0.3) is 5.89 Å². The van der Waals surface area contributed by atoms with E-state index < -0.39 is 12.1 Å². The molecule has 2 aromatic carbocycles. The summed E-state index contributed by atoms with van der Waals surface area (Å²) in [5, 5.41) is 7.78. The molecule has 0 aliphatic heterocycles. The monoisotopic (exact) mass is 390 g/mol. The summed E-state index contributed by atoms with van der Waals surface area (Å²) < 4.78 is 24.4. The molecule has 0 spiro atoms. The van der Waals surface area contributed by atoms with Crippen molar-refractivity contribution in [3.05, 3.63) is 70.3 Å². The van der Waals surface area contributed by atoms with Crippen molar-refractivity contribution in [2.45, 2.75) is 13.0 Å². The lowest BCUT2D eigenvalue weighted by molar-refractivity contribution is 0.0279. The van der Waals surface area contributed by atoms with Crippen LogP contribution in [0.5, 0.6) is 0 Å². The van der Waals surface area contributed by atoms with E-state index >= 15 is 0 Å². The molecule has 0 bridgehead atoms. The van der Waals surface area contributed by atoms with Gasteiger partial charge in [-0.25, -0.2) is 9.18 Å². The summed E-state index contributed by atoms with van der Waals surface area (Å²) in [5.41, 5.74) is 0.988. The van der Waals surface area contributed by atoms with Crippen LogP contribution in [0.15, 0.2) is 57.4 Å². The number of nitrogens with zero attached hydrogens (tertiary/aromatic N) is 2. The Bertz CT molecular complexity index is 864. The van der Waals surface area contributed by atoms with Crippen molar-refractivity contribution in [2.75, 3.05) is 0 Å². The molecule has 1 aromatic heterocycles. The van der Waals surface area contributed by atoms with Gasteiger partial charge < -0.3 is 9.15 Å². The fraction of sp³-hybridized carbons (Fsp3) is 0.118. The normalized spacial score (nSPS) is 12.0. The van der Waals surface area contributed by atoms with Gasteiger partial charge in [0.15, 0.2) is 6.10 Å². The molecule has 0 unspecified atom stereocenters. The Balaban J connectivity index is 1.74. The molecular weight excluding hydrogens is 379 g/mol. The Morgan fingerprint density at radius 2 is 1.88 bits per heavy atom. The van der Waals surface area contributed by atoms with Gasteiger partial charge in [0.2, 0.25) is 5.89 Å². The lowest BCUT2D eigenvalue weighted by atomic mass is 10.2. The highest BCUT2D eigenvalue weighted by Gasteiger charge is 2.21. The number of ether oxygens (including phenoxy) is 1. The molecule has 0 N–H and O–H groups in total. The smallest absolute Gasteiger partial charge is 0.340 e. The predicted octanol–water partition coefficient (Wildman–Crippen LogP) is 4.56. The molecule has 0 aliphatic rings. The van der Waals surface area contributed by atoms with Crippen molar-refractivity contribution in [3.8, 4) is 11.5 Å². The van der Waals surface area contributed by atoms with Crippen molar-refractivity contribution in [3.63, 3.8) is 0 Å². The highest BCUT2D eigenvalue weighted by molar-refractivity contribution is 9.10. The van der Waals surface area contributed by atoms with Gasteiger partial charge in [-0.2, -0.15) is 0 Å². The van der Waals surface area contributed by atoms with Crippen molar-refractivity contribution >= 4 is 21.9 Å². The first kappa shape index (κ1) is 16.3. The maximum atomic E-state index is 12.9. The second-order valence-electron chi connectivity index (χ2n) is 4.98. The molecule has 0 amide bonds. The second-order valence-corrected chi connectivity index (χ2v) is 5.83. The fourth-order valence-electron chi connectivity index (χ4n) is 2.01. The van der Waals surface area contributed by atoms with Crippen molar-refractivity contribution in [1.82, 2.24) is 10.2 Å². The molecule has 24 heavy (non-hydrogen) atoms. The van der Waals surface area contributed by atoms with Gasteiger partial charge in [0, 0.05) is 10.0 Å². The molecule has 7 heteroatoms. The summed E-state index contributed by atoms with van der Waals surface area (Å²) in [5.74, 6) is -0.464. The molecule has 0 saturated heterocycles. The molecule has 0 saturated carbocycles. The van der Waals surface area contributed by atoms with Gasteiger partial charge in [0.05, 0.1) is 5.56 Å². The first-order valence-corrected chi connectivity index (χ1v) is 7.89. The number of hydrogen-bond acceptors (Lipinski definition) is 5. The lowest BCUT2D eigenvalue weighted by Gasteiger charge is -2.10. The molecule has 0 radical (unpaired) electrons. The average Bonchev–Trinajstić information content (AvgIpc) is 3.06. The number of halogens is 2. The Labute approximate surface area is 145 Å². The average molecular weight is 391 g/mol. The number of benzene rings is 2. The SMILES string of the molecule is C[C@H](OC(=O)c1ccccc1Br)c1nnc(-c2ccc(F)cc2)o1. The van der Waals surface area contributed by atoms with Crippen molar-refractivity contribution in [1.29, 1.82) is 0 Å². The largest absolute Gasteiger partial charge is 0.449 e. The van der Waals surface area contributed by atoms with E-state index in [1.807, 2.05) is 0 Å². The van der Waals surface area contributed by atoms with Crippen LogP contribution in [0.1, 0.15) is 29.3 Å². The molecule has 3 aromatic rings. The number of hydrogen-bond donors (Lipinski definition) is 0. The topological polar surface area (TPSA) is 65.2 Å². The van der Waals surface area contributed by atoms with Crippen LogP contribution in [0.25, 0.3) is 11.5 Å². The summed E-state index contributed by atoms with van der Waals surface area (Å²) in [6.45, 7) is 1.64. The maximum Gasteiger partial charge on any atom is 0.340 e. The van der Waals surface area contributed by atoms with E-state index in [1.165, 1.54) is 24.3 Å². The third-order valence-corrected chi connectivity index (χ3v) is 3.95. The number of esters is 1. The minimum Gasteiger partial charge on any atom is -0.449 e. The van der Waals surface area contributed by atoms with E-state index in [9.17, 15) is 9.18 Å². The molecule has 5 nitrogen and oxygen atoms in total. The summed E-state index contributed by atoms with van der Waals surface area (Å²) >= 11 is 3.30. The molecule has 0 aliphatic carbocycles. The van der Waals surface area contributed by atoms with Crippen LogP contribution in [0.2, 0.25) is 0 Å². The first-order valence-electron chi connectivity index (χ1n) is 7.09. The Hall–Kier alpha value is -2.54. The van der Waals surface area contributed by atoms with Crippen molar-refractivity contribution < 1.29 is 18.3 Å². The van der Waals surface area contributed by atoms with Gasteiger partial charge in [-0.3, -0.25) is 0 Å². The van der Waals surface area contributed by atoms with Crippen LogP contribution in [0.4, 0.5) is 4.39 Å². The highest BCUT2D eigenvalue weighted by atomic mass is 79.9. The maximum absolute atomic E-state index is 12.9. The van der Waals surface area contributed by atoms with Gasteiger partial charge in [0.1, 0.15) is 5.82 Å². The summed E-state index contributed by atoms with van der Waals surface area (Å²) in [6, 6.07) is 12.6. The molecule has 3 rings (SSSR count). The van der Waals surface area contributed by atoms with E-state index in [0.717, 1.165) is 0 Å². The lowest BCUT2D eigenvalue weighted by Crippen LogP contribution is -2.10. The number of carbonyl (C=O) groups excluding carboxylic acids is 1. The minimum absolute atomic E-state index is 0.162. The van der Waals surface area contributed by atoms with E-state index in [2.05, 4.69) is 26.1 Å². The Kier molecular flexibility index (Phi) is 4.71. The minimum atomic E-state index is -0.716. The standard InChI is InChI=1S/C17H12BrFN2O3/c1-10(23-17(22)13-4-2-3-5-14(13)18)15-20-21-16(24-15)11-6-8-12(19)9-7-11/h2-10H,1H3/t10-/m0/s1. The van der Waals surface area contributed by atoms with Gasteiger partial charge >= 0.3 is 5.97 Å². The molecular formula is C17H12BrFN2O3. The second kappa shape index (κ2) is 6.92. The zero-order chi connectivity index (χ0) is 17.1. The zero-order valence-electron chi connectivity index (χ0n) is 12.6. The first-order chi connectivity index (χ1) is 11.5. The fourth-order valence-corrected chi connectivity index (χ4v) is 2.46. The Morgan fingerprint density at radius 1 is 1.17 bits per heavy atom. The third-order valence-electron chi connectivity index (χ3n) is 3.26. The van der Waals surface area contributed by atoms with Crippen LogP contribution in [0.3, 0.4) is 0 Å². The third kappa shape index (κ3) is 3.51. The number of aromatic nitrogens is 2. The van der Waals surface area contributed by atoms with Crippen LogP contribution in [-0.4, -0.2) is 16.2 Å². The van der Waals surface area contributed by atoms with Crippen LogP contribution in [0, 0.1) is 5.82 Å². The summed E-state index contributed by atoms with van der Waals surface area (Å²) in [4.78, 5) is 12.2. The van der Waals surface area contributed by atoms with E-state index in [4.69, 9.17) is 9.15 Å². The predicted molar refractivity (Wildman–Crippen MR) is 87.7 cm³/mol. The van der Waals surface area contributed by atoms with Crippen LogP contribution in [-0.2, 0) is 4.74 Å². The van der Waals surface area contributed by atoms with E-state index in [0.29, 0.717) is 15.6 Å². The summed E-state index contributed by atoms with van der Waals surface area (Å²) in [7, 11) is 0. The van der Waals surface area contributed by atoms with Gasteiger partial charge in [-0.05, 0) is 59.3 Å². The van der Waals surface area contributed by atoms with E-state index in [-0.39, 0.29) is 17.6 Å². The highest BCUT2D eigenvalue weighted by Crippen LogP contribution is 2.24. The van der Waals surface area contributed by atoms with Crippen molar-refractivity contribution in [2.24, 2.45) is 0 Å². The molecule has 1 heterocycles. The zero-order valence-corrected chi connectivity index (χ0v) is 14.2. The Morgan fingerprint density at radius 3 is 2.58 bits per heavy atom. The van der Waals surface area contributed by atoms with E-state index in [1.54, 1.807) is 31.2 Å². The number of carbonyl (C=O) groups is 1. The number of rotatable bonds is 4. The van der Waals surface area contributed by atoms with Crippen LogP contribution >= 0.6 is 15.9 Å². The summed E-state index contributed by atoms with van der Waals surface area (Å²) in [6.07, 6.45) is -0.716. The van der Waals surface area contributed by atoms with Gasteiger partial charge in [-0.15, -0.1) is 10.2 Å². The molecule has 0 fully saturated rings. The van der Waals surface area contributed by atoms with Gasteiger partial charge in [-0.1, -0.05) is 12.1 Å². The quantitative estimate of drug-likeness (QED) is 0.611. The molecule has 122 valence electrons. The van der Waals surface area contributed by atoms with Crippen LogP contribution < -0.4 is 0 Å². The molecule has 1 atom stereocenters.